The molecular weight excluding hydrogens is 414 g/mol. The maximum Gasteiger partial charge on any atom is 0.177 e. The van der Waals surface area contributed by atoms with E-state index < -0.39 is 0 Å². The Balaban J connectivity index is 1.63. The molecule has 6 nitrogen and oxygen atoms in total. The molecule has 0 aromatic heterocycles. The molecule has 6 heteroatoms. The second kappa shape index (κ2) is 9.84. The Morgan fingerprint density at radius 1 is 0.788 bits per heavy atom. The van der Waals surface area contributed by atoms with Crippen molar-refractivity contribution < 1.29 is 28.8 Å². The van der Waals surface area contributed by atoms with Gasteiger partial charge >= 0.3 is 0 Å². The Hall–Kier alpha value is -1.15. The molecule has 0 saturated carbocycles. The second-order valence-corrected chi connectivity index (χ2v) is 11.9. The number of hydrogen-bond donors (Lipinski definition) is 3. The third-order valence-electron chi connectivity index (χ3n) is 9.43. The summed E-state index contributed by atoms with van der Waals surface area (Å²) in [7, 11) is 6.86. The van der Waals surface area contributed by atoms with Crippen LogP contribution in [0.15, 0.2) is 35.1 Å². The minimum absolute atomic E-state index is 0.236. The van der Waals surface area contributed by atoms with E-state index >= 15 is 0 Å². The average molecular weight is 462 g/mol. The summed E-state index contributed by atoms with van der Waals surface area (Å²) >= 11 is 0. The Morgan fingerprint density at radius 3 is 1.94 bits per heavy atom. The zero-order chi connectivity index (χ0) is 23.7. The van der Waals surface area contributed by atoms with Crippen molar-refractivity contribution in [2.24, 2.45) is 0 Å². The zero-order valence-corrected chi connectivity index (χ0v) is 21.1. The summed E-state index contributed by atoms with van der Waals surface area (Å²) < 4.78 is 2.63. The Morgan fingerprint density at radius 2 is 1.33 bits per heavy atom. The Labute approximate surface area is 200 Å². The molecule has 3 N–H and O–H groups in total. The van der Waals surface area contributed by atoms with Crippen LogP contribution in [0, 0.1) is 6.42 Å². The highest BCUT2D eigenvalue weighted by molar-refractivity contribution is 5.48. The summed E-state index contributed by atoms with van der Waals surface area (Å²) in [5.74, 6) is 0. The van der Waals surface area contributed by atoms with Crippen LogP contribution in [0.2, 0.25) is 0 Å². The van der Waals surface area contributed by atoms with Crippen molar-refractivity contribution in [2.75, 3.05) is 73.7 Å². The van der Waals surface area contributed by atoms with Crippen LogP contribution < -0.4 is 0 Å². The summed E-state index contributed by atoms with van der Waals surface area (Å²) in [5.41, 5.74) is 3.95. The Kier molecular flexibility index (Phi) is 7.44. The molecule has 3 heterocycles. The molecular formula is C27H47N3O3+4. The van der Waals surface area contributed by atoms with Gasteiger partial charge in [0.25, 0.3) is 0 Å². The number of nitrogens with zero attached hydrogens (tertiary/aromatic N) is 3. The predicted octanol–water partition coefficient (Wildman–Crippen LogP) is 1.74. The number of aliphatic hydroxyl groups is 3. The number of allylic oxidation sites excluding steroid dienone is 2. The van der Waals surface area contributed by atoms with E-state index in [2.05, 4.69) is 45.9 Å². The minimum Gasteiger partial charge on any atom is -0.390 e. The van der Waals surface area contributed by atoms with E-state index in [4.69, 9.17) is 0 Å². The molecule has 4 aliphatic rings. The van der Waals surface area contributed by atoms with Gasteiger partial charge in [-0.3, -0.25) is 4.48 Å². The SMILES string of the molecule is C[N+]1(C=C2C=C(C[N+]3(C)CCC[C@H]3CO)C=C(C[N+]3(C)CCC[C@H]3CO)[CH+]2)CCC[C@H]1CO. The van der Waals surface area contributed by atoms with E-state index in [1.807, 2.05) is 0 Å². The molecule has 0 radical (unpaired) electrons. The monoisotopic (exact) mass is 461 g/mol. The van der Waals surface area contributed by atoms with Gasteiger partial charge in [0.05, 0.1) is 71.7 Å². The summed E-state index contributed by atoms with van der Waals surface area (Å²) in [5, 5.41) is 29.9. The molecule has 0 amide bonds. The molecule has 3 saturated heterocycles. The highest BCUT2D eigenvalue weighted by Crippen LogP contribution is 2.34. The predicted molar refractivity (Wildman–Crippen MR) is 132 cm³/mol. The molecule has 4 rings (SSSR count). The topological polar surface area (TPSA) is 60.7 Å². The van der Waals surface area contributed by atoms with Gasteiger partial charge in [-0.2, -0.15) is 0 Å². The number of likely N-dealkylation sites (tertiary alicyclic amines) is 3. The van der Waals surface area contributed by atoms with E-state index in [-0.39, 0.29) is 25.9 Å². The molecule has 3 unspecified atom stereocenters. The fourth-order valence-electron chi connectivity index (χ4n) is 7.17. The first-order chi connectivity index (χ1) is 15.7. The lowest BCUT2D eigenvalue weighted by atomic mass is 9.93. The van der Waals surface area contributed by atoms with Crippen LogP contribution in [-0.2, 0) is 0 Å². The molecule has 6 atom stereocenters. The first-order valence-electron chi connectivity index (χ1n) is 13.1. The molecule has 1 aliphatic carbocycles. The van der Waals surface area contributed by atoms with Crippen molar-refractivity contribution in [3.63, 3.8) is 0 Å². The van der Waals surface area contributed by atoms with Crippen LogP contribution in [0.3, 0.4) is 0 Å². The number of hydrogen-bond acceptors (Lipinski definition) is 3. The average Bonchev–Trinajstić information content (AvgIpc) is 3.43. The van der Waals surface area contributed by atoms with Gasteiger partial charge in [-0.25, -0.2) is 0 Å². The lowest BCUT2D eigenvalue weighted by Crippen LogP contribution is -2.51. The second-order valence-electron chi connectivity index (χ2n) is 11.9. The quantitative estimate of drug-likeness (QED) is 0.381. The van der Waals surface area contributed by atoms with E-state index in [1.165, 1.54) is 29.6 Å². The summed E-state index contributed by atoms with van der Waals surface area (Å²) in [4.78, 5) is 0. The third-order valence-corrected chi connectivity index (χ3v) is 9.43. The van der Waals surface area contributed by atoms with Gasteiger partial charge in [0.1, 0.15) is 31.2 Å². The number of rotatable bonds is 8. The number of aliphatic hydroxyl groups excluding tert-OH is 3. The smallest absolute Gasteiger partial charge is 0.177 e. The van der Waals surface area contributed by atoms with Gasteiger partial charge in [0.15, 0.2) is 11.8 Å². The van der Waals surface area contributed by atoms with Crippen molar-refractivity contribution in [3.05, 3.63) is 41.5 Å². The largest absolute Gasteiger partial charge is 0.390 e. The molecule has 0 bridgehead atoms. The lowest BCUT2D eigenvalue weighted by Gasteiger charge is -2.37. The van der Waals surface area contributed by atoms with Crippen LogP contribution in [0.4, 0.5) is 0 Å². The fraction of sp³-hybridized carbons (Fsp3) is 0.741. The van der Waals surface area contributed by atoms with Crippen LogP contribution in [-0.4, -0.2) is 121 Å². The maximum atomic E-state index is 9.97. The van der Waals surface area contributed by atoms with Crippen LogP contribution in [0.5, 0.6) is 0 Å². The summed E-state index contributed by atoms with van der Waals surface area (Å²) in [6.07, 6.45) is 16.3. The normalized spacial score (nSPS) is 42.5. The first-order valence-corrected chi connectivity index (χ1v) is 13.1. The maximum absolute atomic E-state index is 9.97. The molecule has 33 heavy (non-hydrogen) atoms. The molecule has 184 valence electrons. The lowest BCUT2D eigenvalue weighted by molar-refractivity contribution is -0.917. The van der Waals surface area contributed by atoms with Gasteiger partial charge < -0.3 is 24.3 Å². The highest BCUT2D eigenvalue weighted by atomic mass is 16.3. The van der Waals surface area contributed by atoms with Crippen molar-refractivity contribution in [1.29, 1.82) is 0 Å². The summed E-state index contributed by atoms with van der Waals surface area (Å²) in [6.45, 7) is 5.96. The van der Waals surface area contributed by atoms with Gasteiger partial charge in [0, 0.05) is 57.1 Å². The van der Waals surface area contributed by atoms with Crippen LogP contribution in [0.25, 0.3) is 0 Å². The van der Waals surface area contributed by atoms with E-state index in [1.54, 1.807) is 0 Å². The van der Waals surface area contributed by atoms with Gasteiger partial charge in [-0.15, -0.1) is 0 Å². The molecule has 3 aliphatic heterocycles. The first kappa shape index (κ1) is 25.0. The van der Waals surface area contributed by atoms with Crippen molar-refractivity contribution >= 4 is 0 Å². The van der Waals surface area contributed by atoms with Crippen molar-refractivity contribution in [2.45, 2.75) is 56.7 Å². The number of quaternary nitrogens is 3. The Bertz CT molecular complexity index is 808. The van der Waals surface area contributed by atoms with Gasteiger partial charge in [-0.05, 0) is 0 Å². The van der Waals surface area contributed by atoms with E-state index in [0.29, 0.717) is 12.1 Å². The van der Waals surface area contributed by atoms with Gasteiger partial charge in [-0.1, -0.05) is 0 Å². The molecule has 3 fully saturated rings. The molecule has 0 spiro atoms. The third kappa shape index (κ3) is 5.12. The van der Waals surface area contributed by atoms with E-state index in [9.17, 15) is 15.3 Å². The molecule has 0 aromatic carbocycles. The van der Waals surface area contributed by atoms with Crippen LogP contribution in [0.1, 0.15) is 38.5 Å². The summed E-state index contributed by atoms with van der Waals surface area (Å²) in [6, 6.07) is 0.927. The van der Waals surface area contributed by atoms with Crippen LogP contribution >= 0.6 is 0 Å². The number of likely N-dealkylation sites (N-methyl/N-ethyl adjacent to an activating group) is 3. The zero-order valence-electron chi connectivity index (χ0n) is 21.1. The minimum atomic E-state index is 0.236. The van der Waals surface area contributed by atoms with Crippen molar-refractivity contribution in [1.82, 2.24) is 0 Å². The van der Waals surface area contributed by atoms with Gasteiger partial charge in [0.2, 0.25) is 0 Å². The highest BCUT2D eigenvalue weighted by Gasteiger charge is 2.43. The molecule has 0 aromatic rings. The van der Waals surface area contributed by atoms with E-state index in [0.717, 1.165) is 71.9 Å². The van der Waals surface area contributed by atoms with Crippen molar-refractivity contribution in [3.8, 4) is 0 Å². The fourth-order valence-corrected chi connectivity index (χ4v) is 7.17. The standard InChI is InChI=1S/C27H47N3O3/c1-28(10-4-7-25(28)19-31)16-22-13-23(17-29(2)11-5-8-26(29)20-32)15-24(14-22)18-30(3)12-6-9-27(30)21-33/h13-16,25-27,31-33H,4-12,17-21H2,1-3H3/q+4/t25-,26-,27-,28?,29?,30?/m0/s1.